The molecule has 2 heteroatoms. The second-order valence-corrected chi connectivity index (χ2v) is 7.61. The molecule has 2 unspecified atom stereocenters. The summed E-state index contributed by atoms with van der Waals surface area (Å²) in [7, 11) is 0. The maximum Gasteiger partial charge on any atom is 0.0133 e. The fourth-order valence-electron chi connectivity index (χ4n) is 3.82. The molecular weight excluding hydrogens is 381 g/mol. The second kappa shape index (κ2) is 7.60. The first kappa shape index (κ1) is 16.0. The van der Waals surface area contributed by atoms with Crippen LogP contribution in [0.4, 0.5) is 0 Å². The van der Waals surface area contributed by atoms with Crippen LogP contribution in [-0.4, -0.2) is 6.54 Å². The summed E-state index contributed by atoms with van der Waals surface area (Å²) in [5.74, 6) is 1.39. The van der Waals surface area contributed by atoms with E-state index in [1.807, 2.05) is 0 Å². The fourth-order valence-corrected chi connectivity index (χ4v) is 4.39. The molecule has 0 saturated heterocycles. The van der Waals surface area contributed by atoms with Crippen molar-refractivity contribution >= 4 is 22.6 Å². The first-order chi connectivity index (χ1) is 10.8. The van der Waals surface area contributed by atoms with Crippen LogP contribution < -0.4 is 5.73 Å². The van der Waals surface area contributed by atoms with E-state index < -0.39 is 0 Å². The topological polar surface area (TPSA) is 26.0 Å². The summed E-state index contributed by atoms with van der Waals surface area (Å²) in [4.78, 5) is 0. The maximum absolute atomic E-state index is 5.79. The summed E-state index contributed by atoms with van der Waals surface area (Å²) in [6.07, 6.45) is 6.08. The highest BCUT2D eigenvalue weighted by Crippen LogP contribution is 2.38. The number of hydrogen-bond donors (Lipinski definition) is 1. The molecule has 1 nitrogen and oxygen atoms in total. The first-order valence-electron chi connectivity index (χ1n) is 8.30. The summed E-state index contributed by atoms with van der Waals surface area (Å²) < 4.78 is 1.34. The van der Waals surface area contributed by atoms with E-state index in [1.165, 1.54) is 34.8 Å². The molecule has 116 valence electrons. The number of benzene rings is 2. The van der Waals surface area contributed by atoms with Gasteiger partial charge in [-0.2, -0.15) is 0 Å². The summed E-state index contributed by atoms with van der Waals surface area (Å²) in [6.45, 7) is 0.795. The highest BCUT2D eigenvalue weighted by atomic mass is 127. The van der Waals surface area contributed by atoms with Crippen LogP contribution in [0.2, 0.25) is 0 Å². The van der Waals surface area contributed by atoms with Crippen molar-refractivity contribution in [1.82, 2.24) is 0 Å². The Bertz CT molecular complexity index is 623. The third-order valence-corrected chi connectivity index (χ3v) is 5.62. The number of rotatable bonds is 5. The van der Waals surface area contributed by atoms with Crippen molar-refractivity contribution in [1.29, 1.82) is 0 Å². The lowest BCUT2D eigenvalue weighted by molar-refractivity contribution is 0.355. The molecule has 0 radical (unpaired) electrons. The van der Waals surface area contributed by atoms with Gasteiger partial charge in [-0.05, 0) is 102 Å². The molecule has 22 heavy (non-hydrogen) atoms. The summed E-state index contributed by atoms with van der Waals surface area (Å²) >= 11 is 2.42. The van der Waals surface area contributed by atoms with Gasteiger partial charge in [0.1, 0.15) is 0 Å². The minimum Gasteiger partial charge on any atom is -0.330 e. The molecule has 1 aliphatic rings. The van der Waals surface area contributed by atoms with Crippen molar-refractivity contribution in [3.05, 3.63) is 68.8 Å². The van der Waals surface area contributed by atoms with Crippen LogP contribution in [0.5, 0.6) is 0 Å². The zero-order valence-corrected chi connectivity index (χ0v) is 15.1. The van der Waals surface area contributed by atoms with Crippen LogP contribution in [-0.2, 0) is 12.8 Å². The van der Waals surface area contributed by atoms with Crippen LogP contribution in [0.1, 0.15) is 41.9 Å². The smallest absolute Gasteiger partial charge is 0.0133 e. The minimum atomic E-state index is 0.645. The highest BCUT2D eigenvalue weighted by Gasteiger charge is 2.27. The predicted octanol–water partition coefficient (Wildman–Crippen LogP) is 4.92. The molecule has 2 aromatic rings. The Morgan fingerprint density at radius 1 is 1.09 bits per heavy atom. The minimum absolute atomic E-state index is 0.645. The molecule has 0 heterocycles. The molecule has 0 bridgehead atoms. The number of hydrogen-bond acceptors (Lipinski definition) is 1. The standard InChI is InChI=1S/C20H24IN/c21-19-8-3-7-17(14-19)20(9-4-12-22)18-11-10-15-5-1-2-6-16(15)13-18/h1-3,5-8,14,18,20H,4,9-13,22H2. The number of halogens is 1. The Morgan fingerprint density at radius 2 is 1.91 bits per heavy atom. The molecule has 0 aliphatic heterocycles. The molecule has 2 atom stereocenters. The fraction of sp³-hybridized carbons (Fsp3) is 0.400. The Labute approximate surface area is 147 Å². The summed E-state index contributed by atoms with van der Waals surface area (Å²) in [5.41, 5.74) is 10.4. The van der Waals surface area contributed by atoms with E-state index in [0.29, 0.717) is 5.92 Å². The van der Waals surface area contributed by atoms with E-state index in [1.54, 1.807) is 11.1 Å². The van der Waals surface area contributed by atoms with Gasteiger partial charge in [0.25, 0.3) is 0 Å². The van der Waals surface area contributed by atoms with Gasteiger partial charge in [-0.1, -0.05) is 36.4 Å². The molecule has 2 N–H and O–H groups in total. The highest BCUT2D eigenvalue weighted by molar-refractivity contribution is 14.1. The van der Waals surface area contributed by atoms with Crippen LogP contribution in [0.25, 0.3) is 0 Å². The Hall–Kier alpha value is -0.870. The molecule has 0 amide bonds. The number of nitrogens with two attached hydrogens (primary N) is 1. The summed E-state index contributed by atoms with van der Waals surface area (Å²) in [6, 6.07) is 18.0. The zero-order valence-electron chi connectivity index (χ0n) is 13.0. The van der Waals surface area contributed by atoms with Crippen LogP contribution in [0.3, 0.4) is 0 Å². The van der Waals surface area contributed by atoms with Crippen molar-refractivity contribution in [3.63, 3.8) is 0 Å². The Balaban J connectivity index is 1.84. The molecule has 0 saturated carbocycles. The second-order valence-electron chi connectivity index (χ2n) is 6.36. The lowest BCUT2D eigenvalue weighted by Gasteiger charge is -2.32. The van der Waals surface area contributed by atoms with Crippen molar-refractivity contribution in [3.8, 4) is 0 Å². The van der Waals surface area contributed by atoms with Crippen molar-refractivity contribution in [2.24, 2.45) is 11.7 Å². The molecule has 1 aliphatic carbocycles. The average molecular weight is 405 g/mol. The van der Waals surface area contributed by atoms with Gasteiger partial charge in [-0.25, -0.2) is 0 Å². The Kier molecular flexibility index (Phi) is 5.53. The van der Waals surface area contributed by atoms with E-state index in [9.17, 15) is 0 Å². The third kappa shape index (κ3) is 3.72. The molecule has 0 fully saturated rings. The molecule has 2 aromatic carbocycles. The van der Waals surface area contributed by atoms with E-state index in [4.69, 9.17) is 5.73 Å². The van der Waals surface area contributed by atoms with Gasteiger partial charge in [0.15, 0.2) is 0 Å². The van der Waals surface area contributed by atoms with Gasteiger partial charge >= 0.3 is 0 Å². The van der Waals surface area contributed by atoms with E-state index in [-0.39, 0.29) is 0 Å². The van der Waals surface area contributed by atoms with Crippen molar-refractivity contribution in [2.45, 2.75) is 38.0 Å². The van der Waals surface area contributed by atoms with Crippen LogP contribution in [0, 0.1) is 9.49 Å². The first-order valence-corrected chi connectivity index (χ1v) is 9.38. The summed E-state index contributed by atoms with van der Waals surface area (Å²) in [5, 5.41) is 0. The molecule has 3 rings (SSSR count). The molecule has 0 spiro atoms. The normalized spacial score (nSPS) is 18.7. The van der Waals surface area contributed by atoms with E-state index in [0.717, 1.165) is 18.9 Å². The predicted molar refractivity (Wildman–Crippen MR) is 102 cm³/mol. The van der Waals surface area contributed by atoms with Gasteiger partial charge in [-0.15, -0.1) is 0 Å². The number of aryl methyl sites for hydroxylation is 1. The monoisotopic (exact) mass is 405 g/mol. The van der Waals surface area contributed by atoms with Gasteiger partial charge in [0.2, 0.25) is 0 Å². The van der Waals surface area contributed by atoms with E-state index in [2.05, 4.69) is 71.1 Å². The van der Waals surface area contributed by atoms with Crippen molar-refractivity contribution in [2.75, 3.05) is 6.54 Å². The zero-order chi connectivity index (χ0) is 15.4. The quantitative estimate of drug-likeness (QED) is 0.703. The Morgan fingerprint density at radius 3 is 2.68 bits per heavy atom. The van der Waals surface area contributed by atoms with Gasteiger partial charge in [0, 0.05) is 3.57 Å². The number of fused-ring (bicyclic) bond motifs is 1. The van der Waals surface area contributed by atoms with Crippen molar-refractivity contribution < 1.29 is 0 Å². The van der Waals surface area contributed by atoms with Gasteiger partial charge < -0.3 is 5.73 Å². The SMILES string of the molecule is NCCCC(c1cccc(I)c1)C1CCc2ccccc2C1. The van der Waals surface area contributed by atoms with Gasteiger partial charge in [-0.3, -0.25) is 0 Å². The third-order valence-electron chi connectivity index (χ3n) is 4.95. The lowest BCUT2D eigenvalue weighted by atomic mass is 9.73. The van der Waals surface area contributed by atoms with Gasteiger partial charge in [0.05, 0.1) is 0 Å². The van der Waals surface area contributed by atoms with E-state index >= 15 is 0 Å². The largest absolute Gasteiger partial charge is 0.330 e. The maximum atomic E-state index is 5.79. The van der Waals surface area contributed by atoms with Crippen LogP contribution in [0.15, 0.2) is 48.5 Å². The lowest BCUT2D eigenvalue weighted by Crippen LogP contribution is -2.22. The van der Waals surface area contributed by atoms with Crippen LogP contribution >= 0.6 is 22.6 Å². The molecular formula is C20H24IN. The molecule has 0 aromatic heterocycles. The average Bonchev–Trinajstić information content (AvgIpc) is 2.55.